The molecule has 0 amide bonds. The van der Waals surface area contributed by atoms with Gasteiger partial charge in [0.2, 0.25) is 0 Å². The molecule has 2 aromatic rings. The first kappa shape index (κ1) is 12.9. The first-order valence-electron chi connectivity index (χ1n) is 5.79. The van der Waals surface area contributed by atoms with Gasteiger partial charge in [-0.25, -0.2) is 9.07 Å². The zero-order valence-electron chi connectivity index (χ0n) is 10.4. The minimum Gasteiger partial charge on any atom is -0.471 e. The number of nitriles is 1. The molecule has 0 saturated heterocycles. The SMILES string of the molecule is CCn1nc(OCc2ccc(F)cc2)c(C#N)c1N. The van der Waals surface area contributed by atoms with Gasteiger partial charge in [-0.2, -0.15) is 5.26 Å². The van der Waals surface area contributed by atoms with E-state index in [2.05, 4.69) is 5.10 Å². The Morgan fingerprint density at radius 2 is 2.11 bits per heavy atom. The summed E-state index contributed by atoms with van der Waals surface area (Å²) in [5, 5.41) is 13.1. The van der Waals surface area contributed by atoms with Gasteiger partial charge in [-0.15, -0.1) is 5.10 Å². The van der Waals surface area contributed by atoms with Crippen LogP contribution in [0.25, 0.3) is 0 Å². The van der Waals surface area contributed by atoms with E-state index in [-0.39, 0.29) is 23.9 Å². The number of ether oxygens (including phenoxy) is 1. The molecule has 0 spiro atoms. The summed E-state index contributed by atoms with van der Waals surface area (Å²) in [5.74, 6) is 0.186. The minimum atomic E-state index is -0.305. The molecule has 0 unspecified atom stereocenters. The van der Waals surface area contributed by atoms with Gasteiger partial charge in [0.25, 0.3) is 5.88 Å². The van der Waals surface area contributed by atoms with E-state index in [1.54, 1.807) is 12.1 Å². The lowest BCUT2D eigenvalue weighted by Gasteiger charge is -2.03. The number of nitrogen functional groups attached to an aromatic ring is 1. The summed E-state index contributed by atoms with van der Waals surface area (Å²) in [6.45, 7) is 2.63. The minimum absolute atomic E-state index is 0.200. The zero-order valence-corrected chi connectivity index (χ0v) is 10.4. The molecule has 1 aromatic carbocycles. The van der Waals surface area contributed by atoms with Gasteiger partial charge >= 0.3 is 0 Å². The molecule has 0 radical (unpaired) electrons. The Balaban J connectivity index is 2.15. The van der Waals surface area contributed by atoms with Gasteiger partial charge in [-0.05, 0) is 24.6 Å². The third-order valence-electron chi connectivity index (χ3n) is 2.66. The average Bonchev–Trinajstić information content (AvgIpc) is 2.73. The summed E-state index contributed by atoms with van der Waals surface area (Å²) < 4.78 is 19.7. The van der Waals surface area contributed by atoms with Crippen LogP contribution in [0.2, 0.25) is 0 Å². The van der Waals surface area contributed by atoms with Crippen LogP contribution in [0, 0.1) is 17.1 Å². The lowest BCUT2D eigenvalue weighted by atomic mass is 10.2. The largest absolute Gasteiger partial charge is 0.471 e. The van der Waals surface area contributed by atoms with Crippen molar-refractivity contribution in [3.63, 3.8) is 0 Å². The van der Waals surface area contributed by atoms with Crippen LogP contribution < -0.4 is 10.5 Å². The summed E-state index contributed by atoms with van der Waals surface area (Å²) in [6.07, 6.45) is 0. The maximum atomic E-state index is 12.8. The lowest BCUT2D eigenvalue weighted by molar-refractivity contribution is 0.289. The van der Waals surface area contributed by atoms with Gasteiger partial charge in [-0.1, -0.05) is 12.1 Å². The van der Waals surface area contributed by atoms with Crippen molar-refractivity contribution >= 4 is 5.82 Å². The van der Waals surface area contributed by atoms with Crippen LogP contribution in [0.15, 0.2) is 24.3 Å². The normalized spacial score (nSPS) is 10.2. The van der Waals surface area contributed by atoms with Crippen molar-refractivity contribution in [2.75, 3.05) is 5.73 Å². The molecule has 19 heavy (non-hydrogen) atoms. The highest BCUT2D eigenvalue weighted by Crippen LogP contribution is 2.23. The van der Waals surface area contributed by atoms with Crippen molar-refractivity contribution in [1.29, 1.82) is 5.26 Å². The van der Waals surface area contributed by atoms with Crippen LogP contribution in [0.4, 0.5) is 10.2 Å². The highest BCUT2D eigenvalue weighted by atomic mass is 19.1. The monoisotopic (exact) mass is 260 g/mol. The van der Waals surface area contributed by atoms with Gasteiger partial charge in [0, 0.05) is 6.54 Å². The van der Waals surface area contributed by atoms with E-state index in [9.17, 15) is 4.39 Å². The Kier molecular flexibility index (Phi) is 3.66. The number of nitrogens with zero attached hydrogens (tertiary/aromatic N) is 3. The molecule has 0 aliphatic heterocycles. The Labute approximate surface area is 110 Å². The van der Waals surface area contributed by atoms with E-state index in [0.29, 0.717) is 12.4 Å². The fourth-order valence-electron chi connectivity index (χ4n) is 1.63. The third-order valence-corrected chi connectivity index (χ3v) is 2.66. The van der Waals surface area contributed by atoms with Crippen LogP contribution in [0.5, 0.6) is 5.88 Å². The molecule has 0 atom stereocenters. The molecule has 1 heterocycles. The van der Waals surface area contributed by atoms with E-state index >= 15 is 0 Å². The molecule has 1 aromatic heterocycles. The fourth-order valence-corrected chi connectivity index (χ4v) is 1.63. The van der Waals surface area contributed by atoms with Crippen LogP contribution in [0.3, 0.4) is 0 Å². The van der Waals surface area contributed by atoms with Crippen molar-refractivity contribution in [2.24, 2.45) is 0 Å². The molecule has 98 valence electrons. The second kappa shape index (κ2) is 5.40. The second-order valence-electron chi connectivity index (χ2n) is 3.91. The predicted octanol–water partition coefficient (Wildman–Crippen LogP) is 2.07. The highest BCUT2D eigenvalue weighted by molar-refractivity contribution is 5.55. The van der Waals surface area contributed by atoms with Crippen LogP contribution in [0.1, 0.15) is 18.1 Å². The maximum Gasteiger partial charge on any atom is 0.253 e. The Morgan fingerprint density at radius 1 is 1.42 bits per heavy atom. The molecular formula is C13H13FN4O. The molecule has 0 aliphatic rings. The molecule has 0 aliphatic carbocycles. The number of nitrogens with two attached hydrogens (primary N) is 1. The predicted molar refractivity (Wildman–Crippen MR) is 67.8 cm³/mol. The first-order chi connectivity index (χ1) is 9.15. The first-order valence-corrected chi connectivity index (χ1v) is 5.79. The number of hydrogen-bond donors (Lipinski definition) is 1. The number of benzene rings is 1. The summed E-state index contributed by atoms with van der Waals surface area (Å²) in [5.41, 5.74) is 6.78. The van der Waals surface area contributed by atoms with Crippen LogP contribution >= 0.6 is 0 Å². The molecule has 0 bridgehead atoms. The summed E-state index contributed by atoms with van der Waals surface area (Å²) in [7, 11) is 0. The molecule has 0 saturated carbocycles. The van der Waals surface area contributed by atoms with E-state index in [0.717, 1.165) is 5.56 Å². The average molecular weight is 260 g/mol. The fraction of sp³-hybridized carbons (Fsp3) is 0.231. The quantitative estimate of drug-likeness (QED) is 0.913. The van der Waals surface area contributed by atoms with E-state index in [1.807, 2.05) is 13.0 Å². The van der Waals surface area contributed by atoms with Crippen molar-refractivity contribution in [2.45, 2.75) is 20.1 Å². The van der Waals surface area contributed by atoms with E-state index in [1.165, 1.54) is 16.8 Å². The lowest BCUT2D eigenvalue weighted by Crippen LogP contribution is -2.02. The van der Waals surface area contributed by atoms with Crippen molar-refractivity contribution in [3.05, 3.63) is 41.2 Å². The number of halogens is 1. The Morgan fingerprint density at radius 3 is 2.68 bits per heavy atom. The Bertz CT molecular complexity index is 613. The summed E-state index contributed by atoms with van der Waals surface area (Å²) in [4.78, 5) is 0. The third kappa shape index (κ3) is 2.65. The number of rotatable bonds is 4. The number of aryl methyl sites for hydroxylation is 1. The molecule has 0 fully saturated rings. The molecule has 2 N–H and O–H groups in total. The van der Waals surface area contributed by atoms with Crippen molar-refractivity contribution < 1.29 is 9.13 Å². The van der Waals surface area contributed by atoms with Gasteiger partial charge < -0.3 is 10.5 Å². The summed E-state index contributed by atoms with van der Waals surface area (Å²) in [6, 6.07) is 7.90. The zero-order chi connectivity index (χ0) is 13.8. The molecule has 5 nitrogen and oxygen atoms in total. The molecular weight excluding hydrogens is 247 g/mol. The molecule has 6 heteroatoms. The topological polar surface area (TPSA) is 76.9 Å². The van der Waals surface area contributed by atoms with E-state index in [4.69, 9.17) is 15.7 Å². The van der Waals surface area contributed by atoms with Crippen molar-refractivity contribution in [3.8, 4) is 11.9 Å². The second-order valence-corrected chi connectivity index (χ2v) is 3.91. The maximum absolute atomic E-state index is 12.8. The summed E-state index contributed by atoms with van der Waals surface area (Å²) >= 11 is 0. The van der Waals surface area contributed by atoms with Crippen LogP contribution in [-0.4, -0.2) is 9.78 Å². The van der Waals surface area contributed by atoms with E-state index < -0.39 is 0 Å². The van der Waals surface area contributed by atoms with Gasteiger partial charge in [0.05, 0.1) is 0 Å². The smallest absolute Gasteiger partial charge is 0.253 e. The number of aromatic nitrogens is 2. The Hall–Kier alpha value is -2.55. The van der Waals surface area contributed by atoms with Gasteiger partial charge in [0.1, 0.15) is 24.3 Å². The number of hydrogen-bond acceptors (Lipinski definition) is 4. The highest BCUT2D eigenvalue weighted by Gasteiger charge is 2.15. The van der Waals surface area contributed by atoms with Crippen LogP contribution in [-0.2, 0) is 13.2 Å². The molecule has 2 rings (SSSR count). The van der Waals surface area contributed by atoms with Gasteiger partial charge in [0.15, 0.2) is 5.56 Å². The standard InChI is InChI=1S/C13H13FN4O/c1-2-18-12(16)11(7-15)13(17-18)19-8-9-3-5-10(14)6-4-9/h3-6H,2,8,16H2,1H3. The number of anilines is 1. The van der Waals surface area contributed by atoms with Crippen molar-refractivity contribution in [1.82, 2.24) is 9.78 Å². The van der Waals surface area contributed by atoms with Gasteiger partial charge in [-0.3, -0.25) is 0 Å².